The summed E-state index contributed by atoms with van der Waals surface area (Å²) in [4.78, 5) is 23.0. The highest BCUT2D eigenvalue weighted by Gasteiger charge is 2.40. The second-order valence-electron chi connectivity index (χ2n) is 4.84. The third-order valence-corrected chi connectivity index (χ3v) is 3.58. The van der Waals surface area contributed by atoms with Crippen LogP contribution in [0, 0.1) is 0 Å². The average Bonchev–Trinajstić information content (AvgIpc) is 2.73. The summed E-state index contributed by atoms with van der Waals surface area (Å²) in [7, 11) is 0. The molecular weight excluding hydrogens is 232 g/mol. The van der Waals surface area contributed by atoms with Crippen molar-refractivity contribution in [1.29, 1.82) is 0 Å². The lowest BCUT2D eigenvalue weighted by Crippen LogP contribution is -2.54. The zero-order valence-electron chi connectivity index (χ0n) is 10.5. The van der Waals surface area contributed by atoms with Gasteiger partial charge in [0.25, 0.3) is 5.91 Å². The number of nitrogens with zero attached hydrogens (tertiary/aromatic N) is 1. The van der Waals surface area contributed by atoms with Crippen LogP contribution in [0.3, 0.4) is 0 Å². The highest BCUT2D eigenvalue weighted by atomic mass is 16.4. The number of carboxylic acids is 1. The van der Waals surface area contributed by atoms with E-state index in [-0.39, 0.29) is 12.3 Å². The van der Waals surface area contributed by atoms with Gasteiger partial charge in [0.05, 0.1) is 12.0 Å². The molecule has 1 heterocycles. The van der Waals surface area contributed by atoms with Crippen LogP contribution in [0.5, 0.6) is 0 Å². The van der Waals surface area contributed by atoms with E-state index in [0.717, 1.165) is 25.8 Å². The van der Waals surface area contributed by atoms with E-state index in [1.54, 1.807) is 6.07 Å². The van der Waals surface area contributed by atoms with E-state index in [9.17, 15) is 9.59 Å². The van der Waals surface area contributed by atoms with E-state index < -0.39 is 11.5 Å². The molecule has 0 radical (unpaired) electrons. The predicted octanol–water partition coefficient (Wildman–Crippen LogP) is 1.64. The summed E-state index contributed by atoms with van der Waals surface area (Å²) in [6.45, 7) is 2.69. The summed E-state index contributed by atoms with van der Waals surface area (Å²) >= 11 is 0. The van der Waals surface area contributed by atoms with E-state index >= 15 is 0 Å². The fraction of sp³-hybridized carbons (Fsp3) is 0.538. The molecule has 0 aromatic carbocycles. The number of hydrogen-bond acceptors (Lipinski definition) is 2. The van der Waals surface area contributed by atoms with Crippen molar-refractivity contribution in [2.75, 3.05) is 0 Å². The normalized spacial score (nSPS) is 16.9. The van der Waals surface area contributed by atoms with Crippen molar-refractivity contribution in [3.8, 4) is 0 Å². The second kappa shape index (κ2) is 4.84. The van der Waals surface area contributed by atoms with Crippen LogP contribution in [0.2, 0.25) is 0 Å². The number of rotatable bonds is 5. The van der Waals surface area contributed by atoms with Crippen LogP contribution in [0.25, 0.3) is 0 Å². The Balaban J connectivity index is 2.08. The second-order valence-corrected chi connectivity index (χ2v) is 4.84. The van der Waals surface area contributed by atoms with Crippen molar-refractivity contribution in [2.45, 2.75) is 44.7 Å². The van der Waals surface area contributed by atoms with E-state index in [2.05, 4.69) is 5.32 Å². The van der Waals surface area contributed by atoms with Gasteiger partial charge in [-0.3, -0.25) is 9.59 Å². The zero-order valence-corrected chi connectivity index (χ0v) is 10.5. The van der Waals surface area contributed by atoms with Crippen LogP contribution in [-0.2, 0) is 11.3 Å². The number of nitrogens with one attached hydrogen (secondary N) is 1. The van der Waals surface area contributed by atoms with Crippen LogP contribution >= 0.6 is 0 Å². The molecular formula is C13H18N2O3. The largest absolute Gasteiger partial charge is 0.481 e. The molecule has 2 rings (SSSR count). The molecule has 1 aromatic rings. The smallest absolute Gasteiger partial charge is 0.305 e. The molecule has 5 nitrogen and oxygen atoms in total. The molecule has 0 atom stereocenters. The number of carbonyl (C=O) groups is 2. The first kappa shape index (κ1) is 12.7. The Hall–Kier alpha value is -1.78. The van der Waals surface area contributed by atoms with Gasteiger partial charge in [-0.25, -0.2) is 0 Å². The standard InChI is InChI=1S/C13H18N2O3/c1-2-15-8-3-5-10(15)12(18)14-13(6-4-7-13)9-11(16)17/h3,5,8H,2,4,6-7,9H2,1H3,(H,14,18)(H,16,17). The van der Waals surface area contributed by atoms with Gasteiger partial charge in [0.15, 0.2) is 0 Å². The van der Waals surface area contributed by atoms with Gasteiger partial charge in [0.1, 0.15) is 5.69 Å². The average molecular weight is 250 g/mol. The molecule has 1 aliphatic rings. The maximum atomic E-state index is 12.2. The van der Waals surface area contributed by atoms with E-state index in [4.69, 9.17) is 5.11 Å². The first-order valence-electron chi connectivity index (χ1n) is 6.26. The number of aliphatic carboxylic acids is 1. The molecule has 1 fully saturated rings. The molecule has 1 saturated carbocycles. The maximum absolute atomic E-state index is 12.2. The van der Waals surface area contributed by atoms with Crippen molar-refractivity contribution in [2.24, 2.45) is 0 Å². The van der Waals surface area contributed by atoms with Crippen LogP contribution in [0.4, 0.5) is 0 Å². The van der Waals surface area contributed by atoms with Gasteiger partial charge in [-0.2, -0.15) is 0 Å². The minimum absolute atomic E-state index is 0.00553. The van der Waals surface area contributed by atoms with Crippen molar-refractivity contribution >= 4 is 11.9 Å². The lowest BCUT2D eigenvalue weighted by Gasteiger charge is -2.41. The highest BCUT2D eigenvalue weighted by Crippen LogP contribution is 2.35. The van der Waals surface area contributed by atoms with Gasteiger partial charge >= 0.3 is 5.97 Å². The Morgan fingerprint density at radius 1 is 1.50 bits per heavy atom. The lowest BCUT2D eigenvalue weighted by molar-refractivity contribution is -0.139. The van der Waals surface area contributed by atoms with Gasteiger partial charge in [0.2, 0.25) is 0 Å². The number of hydrogen-bond donors (Lipinski definition) is 2. The fourth-order valence-electron chi connectivity index (χ4n) is 2.44. The summed E-state index contributed by atoms with van der Waals surface area (Å²) in [6.07, 6.45) is 4.32. The van der Waals surface area contributed by atoms with E-state index in [1.165, 1.54) is 0 Å². The third kappa shape index (κ3) is 2.39. The number of amides is 1. The number of aromatic nitrogens is 1. The fourth-order valence-corrected chi connectivity index (χ4v) is 2.44. The monoisotopic (exact) mass is 250 g/mol. The van der Waals surface area contributed by atoms with Crippen LogP contribution in [-0.4, -0.2) is 27.1 Å². The summed E-state index contributed by atoms with van der Waals surface area (Å²) in [5, 5.41) is 11.8. The minimum atomic E-state index is -0.860. The van der Waals surface area contributed by atoms with Gasteiger partial charge in [-0.15, -0.1) is 0 Å². The topological polar surface area (TPSA) is 71.3 Å². The van der Waals surface area contributed by atoms with Gasteiger partial charge in [0, 0.05) is 12.7 Å². The Bertz CT molecular complexity index is 461. The van der Waals surface area contributed by atoms with E-state index in [1.807, 2.05) is 23.8 Å². The van der Waals surface area contributed by atoms with E-state index in [0.29, 0.717) is 5.69 Å². The molecule has 0 unspecified atom stereocenters. The molecule has 1 aromatic heterocycles. The Labute approximate surface area is 106 Å². The van der Waals surface area contributed by atoms with Crippen molar-refractivity contribution in [1.82, 2.24) is 9.88 Å². The van der Waals surface area contributed by atoms with Crippen LogP contribution < -0.4 is 5.32 Å². The summed E-state index contributed by atoms with van der Waals surface area (Å²) in [6, 6.07) is 3.58. The molecule has 98 valence electrons. The number of aryl methyl sites for hydroxylation is 1. The van der Waals surface area contributed by atoms with Crippen molar-refractivity contribution in [3.63, 3.8) is 0 Å². The maximum Gasteiger partial charge on any atom is 0.305 e. The van der Waals surface area contributed by atoms with Crippen molar-refractivity contribution < 1.29 is 14.7 Å². The highest BCUT2D eigenvalue weighted by molar-refractivity contribution is 5.93. The molecule has 0 bridgehead atoms. The molecule has 2 N–H and O–H groups in total. The minimum Gasteiger partial charge on any atom is -0.481 e. The summed E-state index contributed by atoms with van der Waals surface area (Å²) in [5.41, 5.74) is 0.0559. The molecule has 1 amide bonds. The number of carbonyl (C=O) groups excluding carboxylic acids is 1. The van der Waals surface area contributed by atoms with Gasteiger partial charge < -0.3 is 15.0 Å². The Morgan fingerprint density at radius 2 is 2.22 bits per heavy atom. The zero-order chi connectivity index (χ0) is 13.2. The van der Waals surface area contributed by atoms with Gasteiger partial charge in [-0.1, -0.05) is 0 Å². The summed E-state index contributed by atoms with van der Waals surface area (Å²) in [5.74, 6) is -1.04. The predicted molar refractivity (Wildman–Crippen MR) is 66.4 cm³/mol. The molecule has 0 saturated heterocycles. The first-order valence-corrected chi connectivity index (χ1v) is 6.26. The third-order valence-electron chi connectivity index (χ3n) is 3.58. The van der Waals surface area contributed by atoms with Crippen molar-refractivity contribution in [3.05, 3.63) is 24.0 Å². The Kier molecular flexibility index (Phi) is 3.41. The first-order chi connectivity index (χ1) is 8.56. The summed E-state index contributed by atoms with van der Waals surface area (Å²) < 4.78 is 1.85. The molecule has 1 aliphatic carbocycles. The molecule has 0 aliphatic heterocycles. The Morgan fingerprint density at radius 3 is 2.72 bits per heavy atom. The quantitative estimate of drug-likeness (QED) is 0.834. The van der Waals surface area contributed by atoms with Crippen LogP contribution in [0.15, 0.2) is 18.3 Å². The molecule has 0 spiro atoms. The van der Waals surface area contributed by atoms with Gasteiger partial charge in [-0.05, 0) is 38.3 Å². The number of carboxylic acid groups (broad SMARTS) is 1. The lowest BCUT2D eigenvalue weighted by atomic mass is 9.74. The molecule has 5 heteroatoms. The SMILES string of the molecule is CCn1cccc1C(=O)NC1(CC(=O)O)CCC1. The molecule has 18 heavy (non-hydrogen) atoms. The van der Waals surface area contributed by atoms with Crippen LogP contribution in [0.1, 0.15) is 43.1 Å².